The molecule has 1 aliphatic rings. The third-order valence-electron chi connectivity index (χ3n) is 3.71. The maximum Gasteiger partial charge on any atom is 0.243 e. The van der Waals surface area contributed by atoms with E-state index in [4.69, 9.17) is 5.73 Å². The van der Waals surface area contributed by atoms with E-state index in [1.165, 1.54) is 0 Å². The maximum absolute atomic E-state index is 12.6. The van der Waals surface area contributed by atoms with Crippen LogP contribution in [0.25, 0.3) is 0 Å². The highest BCUT2D eigenvalue weighted by Gasteiger charge is 2.25. The van der Waals surface area contributed by atoms with Gasteiger partial charge in [0.2, 0.25) is 15.9 Å². The number of nitrogens with zero attached hydrogens (tertiary/aromatic N) is 1. The Labute approximate surface area is 131 Å². The molecular formula is C15H23N3O3S. The summed E-state index contributed by atoms with van der Waals surface area (Å²) in [6, 6.07) is 6.75. The molecule has 0 spiro atoms. The SMILES string of the molecule is NCCC(=O)NCc1cccc(S(=O)(=O)N2CCCCC2)c1. The van der Waals surface area contributed by atoms with Crippen LogP contribution in [0.15, 0.2) is 29.2 Å². The summed E-state index contributed by atoms with van der Waals surface area (Å²) in [6.07, 6.45) is 3.17. The molecule has 1 amide bonds. The van der Waals surface area contributed by atoms with Crippen LogP contribution in [0.2, 0.25) is 0 Å². The highest BCUT2D eigenvalue weighted by atomic mass is 32.2. The Kier molecular flexibility index (Phi) is 5.93. The van der Waals surface area contributed by atoms with E-state index in [2.05, 4.69) is 5.32 Å². The van der Waals surface area contributed by atoms with Crippen LogP contribution in [0.4, 0.5) is 0 Å². The van der Waals surface area contributed by atoms with Gasteiger partial charge in [-0.25, -0.2) is 8.42 Å². The van der Waals surface area contributed by atoms with Crippen LogP contribution in [-0.2, 0) is 21.4 Å². The van der Waals surface area contributed by atoms with Crippen LogP contribution in [0.1, 0.15) is 31.2 Å². The first kappa shape index (κ1) is 16.9. The van der Waals surface area contributed by atoms with E-state index in [-0.39, 0.29) is 12.3 Å². The van der Waals surface area contributed by atoms with Gasteiger partial charge in [0.1, 0.15) is 0 Å². The minimum absolute atomic E-state index is 0.133. The zero-order valence-corrected chi connectivity index (χ0v) is 13.4. The molecule has 0 atom stereocenters. The minimum Gasteiger partial charge on any atom is -0.352 e. The smallest absolute Gasteiger partial charge is 0.243 e. The summed E-state index contributed by atoms with van der Waals surface area (Å²) in [5, 5.41) is 2.73. The Morgan fingerprint density at radius 3 is 2.64 bits per heavy atom. The van der Waals surface area contributed by atoms with Crippen molar-refractivity contribution in [2.45, 2.75) is 37.1 Å². The van der Waals surface area contributed by atoms with E-state index >= 15 is 0 Å². The molecule has 0 aliphatic carbocycles. The number of piperidine rings is 1. The zero-order chi connectivity index (χ0) is 16.0. The highest BCUT2D eigenvalue weighted by Crippen LogP contribution is 2.21. The molecule has 122 valence electrons. The molecule has 1 heterocycles. The largest absolute Gasteiger partial charge is 0.352 e. The quantitative estimate of drug-likeness (QED) is 0.810. The molecule has 0 unspecified atom stereocenters. The standard InChI is InChI=1S/C15H23N3O3S/c16-8-7-15(19)17-12-13-5-4-6-14(11-13)22(20,21)18-9-2-1-3-10-18/h4-6,11H,1-3,7-10,12,16H2,(H,17,19). The van der Waals surface area contributed by atoms with Crippen LogP contribution >= 0.6 is 0 Å². The lowest BCUT2D eigenvalue weighted by Crippen LogP contribution is -2.35. The molecule has 7 heteroatoms. The molecule has 0 radical (unpaired) electrons. The van der Waals surface area contributed by atoms with Gasteiger partial charge in [0.25, 0.3) is 0 Å². The Morgan fingerprint density at radius 2 is 1.95 bits per heavy atom. The van der Waals surface area contributed by atoms with Crippen LogP contribution < -0.4 is 11.1 Å². The van der Waals surface area contributed by atoms with Gasteiger partial charge < -0.3 is 11.1 Å². The first-order chi connectivity index (χ1) is 10.5. The Hall–Kier alpha value is -1.44. The number of hydrogen-bond acceptors (Lipinski definition) is 4. The fraction of sp³-hybridized carbons (Fsp3) is 0.533. The second-order valence-corrected chi connectivity index (χ2v) is 7.37. The summed E-state index contributed by atoms with van der Waals surface area (Å²) in [7, 11) is -3.43. The van der Waals surface area contributed by atoms with E-state index in [0.29, 0.717) is 31.1 Å². The van der Waals surface area contributed by atoms with Gasteiger partial charge in [-0.05, 0) is 30.5 Å². The van der Waals surface area contributed by atoms with Crippen LogP contribution in [0, 0.1) is 0 Å². The molecule has 1 saturated heterocycles. The Balaban J connectivity index is 2.08. The molecule has 6 nitrogen and oxygen atoms in total. The van der Waals surface area contributed by atoms with Crippen molar-refractivity contribution < 1.29 is 13.2 Å². The van der Waals surface area contributed by atoms with Gasteiger partial charge >= 0.3 is 0 Å². The monoisotopic (exact) mass is 325 g/mol. The van der Waals surface area contributed by atoms with Crippen molar-refractivity contribution in [1.29, 1.82) is 0 Å². The number of benzene rings is 1. The molecule has 22 heavy (non-hydrogen) atoms. The molecule has 2 rings (SSSR count). The van der Waals surface area contributed by atoms with Crippen molar-refractivity contribution in [1.82, 2.24) is 9.62 Å². The van der Waals surface area contributed by atoms with Gasteiger partial charge in [-0.3, -0.25) is 4.79 Å². The van der Waals surface area contributed by atoms with Crippen LogP contribution in [0.5, 0.6) is 0 Å². The predicted octanol–water partition coefficient (Wildman–Crippen LogP) is 0.826. The molecule has 1 aromatic carbocycles. The molecule has 0 aromatic heterocycles. The van der Waals surface area contributed by atoms with Gasteiger partial charge in [-0.1, -0.05) is 18.6 Å². The number of nitrogens with one attached hydrogen (secondary N) is 1. The second kappa shape index (κ2) is 7.71. The summed E-state index contributed by atoms with van der Waals surface area (Å²) < 4.78 is 26.7. The lowest BCUT2D eigenvalue weighted by atomic mass is 10.2. The normalized spacial score (nSPS) is 16.4. The third kappa shape index (κ3) is 4.28. The molecule has 0 saturated carbocycles. The van der Waals surface area contributed by atoms with Crippen LogP contribution in [-0.4, -0.2) is 38.3 Å². The summed E-state index contributed by atoms with van der Waals surface area (Å²) >= 11 is 0. The molecular weight excluding hydrogens is 302 g/mol. The highest BCUT2D eigenvalue weighted by molar-refractivity contribution is 7.89. The number of sulfonamides is 1. The van der Waals surface area contributed by atoms with E-state index < -0.39 is 10.0 Å². The number of amides is 1. The van der Waals surface area contributed by atoms with Crippen molar-refractivity contribution in [2.24, 2.45) is 5.73 Å². The Bertz CT molecular complexity index is 610. The number of carbonyl (C=O) groups excluding carboxylic acids is 1. The van der Waals surface area contributed by atoms with Crippen molar-refractivity contribution in [3.8, 4) is 0 Å². The van der Waals surface area contributed by atoms with Crippen molar-refractivity contribution in [3.63, 3.8) is 0 Å². The van der Waals surface area contributed by atoms with Crippen LogP contribution in [0.3, 0.4) is 0 Å². The van der Waals surface area contributed by atoms with Gasteiger partial charge in [-0.15, -0.1) is 0 Å². The summed E-state index contributed by atoms with van der Waals surface area (Å²) in [5.41, 5.74) is 6.08. The van der Waals surface area contributed by atoms with Gasteiger partial charge in [0, 0.05) is 32.6 Å². The summed E-state index contributed by atoms with van der Waals surface area (Å²) in [5.74, 6) is -0.133. The number of carbonyl (C=O) groups is 1. The van der Waals surface area contributed by atoms with Gasteiger partial charge in [0.15, 0.2) is 0 Å². The number of hydrogen-bond donors (Lipinski definition) is 2. The van der Waals surface area contributed by atoms with Crippen molar-refractivity contribution >= 4 is 15.9 Å². The maximum atomic E-state index is 12.6. The Morgan fingerprint density at radius 1 is 1.23 bits per heavy atom. The number of rotatable bonds is 6. The van der Waals surface area contributed by atoms with E-state index in [1.54, 1.807) is 28.6 Å². The third-order valence-corrected chi connectivity index (χ3v) is 5.61. The molecule has 1 aromatic rings. The zero-order valence-electron chi connectivity index (χ0n) is 12.6. The topological polar surface area (TPSA) is 92.5 Å². The number of nitrogens with two attached hydrogens (primary N) is 1. The second-order valence-electron chi connectivity index (χ2n) is 5.43. The van der Waals surface area contributed by atoms with Crippen molar-refractivity contribution in [2.75, 3.05) is 19.6 Å². The molecule has 1 aliphatic heterocycles. The first-order valence-electron chi connectivity index (χ1n) is 7.60. The summed E-state index contributed by atoms with van der Waals surface area (Å²) in [6.45, 7) is 1.77. The minimum atomic E-state index is -3.43. The average Bonchev–Trinajstić information content (AvgIpc) is 2.54. The van der Waals surface area contributed by atoms with Gasteiger partial charge in [0.05, 0.1) is 4.90 Å². The van der Waals surface area contributed by atoms with Crippen molar-refractivity contribution in [3.05, 3.63) is 29.8 Å². The van der Waals surface area contributed by atoms with E-state index in [1.807, 2.05) is 0 Å². The predicted molar refractivity (Wildman–Crippen MR) is 84.6 cm³/mol. The average molecular weight is 325 g/mol. The fourth-order valence-electron chi connectivity index (χ4n) is 2.49. The van der Waals surface area contributed by atoms with E-state index in [9.17, 15) is 13.2 Å². The van der Waals surface area contributed by atoms with E-state index in [0.717, 1.165) is 24.8 Å². The molecule has 3 N–H and O–H groups in total. The first-order valence-corrected chi connectivity index (χ1v) is 9.04. The molecule has 1 fully saturated rings. The fourth-order valence-corrected chi connectivity index (χ4v) is 4.08. The molecule has 0 bridgehead atoms. The lowest BCUT2D eigenvalue weighted by Gasteiger charge is -2.26. The summed E-state index contributed by atoms with van der Waals surface area (Å²) in [4.78, 5) is 11.7. The van der Waals surface area contributed by atoms with Gasteiger partial charge in [-0.2, -0.15) is 4.31 Å². The lowest BCUT2D eigenvalue weighted by molar-refractivity contribution is -0.121.